The summed E-state index contributed by atoms with van der Waals surface area (Å²) in [6, 6.07) is 8.99. The second-order valence-electron chi connectivity index (χ2n) is 5.68. The maximum atomic E-state index is 12.5. The first-order valence-electron chi connectivity index (χ1n) is 7.93. The lowest BCUT2D eigenvalue weighted by molar-refractivity contribution is -0.384. The van der Waals surface area contributed by atoms with Crippen molar-refractivity contribution >= 4 is 23.5 Å². The molecule has 1 aliphatic heterocycles. The van der Waals surface area contributed by atoms with Crippen LogP contribution < -0.4 is 9.47 Å². The molecule has 0 atom stereocenters. The zero-order valence-corrected chi connectivity index (χ0v) is 14.1. The highest BCUT2D eigenvalue weighted by Gasteiger charge is 2.30. The lowest BCUT2D eigenvalue weighted by Crippen LogP contribution is -2.06. The van der Waals surface area contributed by atoms with Crippen LogP contribution in [0, 0.1) is 17.0 Å². The molecule has 0 unspecified atom stereocenters. The largest absolute Gasteiger partial charge is 0.452 e. The lowest BCUT2D eigenvalue weighted by atomic mass is 10.1. The number of benzene rings is 2. The predicted molar refractivity (Wildman–Crippen MR) is 93.1 cm³/mol. The summed E-state index contributed by atoms with van der Waals surface area (Å²) in [5, 5.41) is 10.9. The van der Waals surface area contributed by atoms with Crippen molar-refractivity contribution < 1.29 is 24.0 Å². The summed E-state index contributed by atoms with van der Waals surface area (Å²) < 4.78 is 10.9. The molecule has 132 valence electrons. The Bertz CT molecular complexity index is 960. The molecule has 2 aromatic rings. The first-order chi connectivity index (χ1) is 12.4. The average Bonchev–Trinajstić information content (AvgIpc) is 2.94. The number of nitrogens with zero attached hydrogens (tertiary/aromatic N) is 1. The third-order valence-corrected chi connectivity index (χ3v) is 3.93. The summed E-state index contributed by atoms with van der Waals surface area (Å²) in [5.41, 5.74) is 1.30. The van der Waals surface area contributed by atoms with Crippen LogP contribution in [0.2, 0.25) is 0 Å². The van der Waals surface area contributed by atoms with Crippen LogP contribution in [-0.2, 0) is 4.79 Å². The SMILES string of the molecule is CCC(=O)Oc1ccc2c(c1C)O/C(=C\c1cccc([N+](=O)[O-])c1)C2=O. The number of rotatable bonds is 4. The van der Waals surface area contributed by atoms with E-state index >= 15 is 0 Å². The molecular weight excluding hydrogens is 338 g/mol. The molecule has 3 rings (SSSR count). The Labute approximate surface area is 149 Å². The van der Waals surface area contributed by atoms with Crippen LogP contribution in [0.5, 0.6) is 11.5 Å². The van der Waals surface area contributed by atoms with E-state index in [9.17, 15) is 19.7 Å². The molecule has 0 radical (unpaired) electrons. The van der Waals surface area contributed by atoms with Crippen molar-refractivity contribution in [2.24, 2.45) is 0 Å². The van der Waals surface area contributed by atoms with Gasteiger partial charge in [-0.1, -0.05) is 19.1 Å². The molecule has 2 aromatic carbocycles. The Kier molecular flexibility index (Phi) is 4.53. The van der Waals surface area contributed by atoms with E-state index in [1.54, 1.807) is 26.0 Å². The van der Waals surface area contributed by atoms with Crippen LogP contribution in [0.4, 0.5) is 5.69 Å². The van der Waals surface area contributed by atoms with Crippen LogP contribution in [0.3, 0.4) is 0 Å². The van der Waals surface area contributed by atoms with Gasteiger partial charge in [0.15, 0.2) is 5.76 Å². The first-order valence-corrected chi connectivity index (χ1v) is 7.93. The number of non-ortho nitro benzene ring substituents is 1. The van der Waals surface area contributed by atoms with Crippen LogP contribution >= 0.6 is 0 Å². The van der Waals surface area contributed by atoms with E-state index in [1.165, 1.54) is 30.3 Å². The Hall–Kier alpha value is -3.48. The number of nitro benzene ring substituents is 1. The van der Waals surface area contributed by atoms with Crippen molar-refractivity contribution in [3.05, 3.63) is 69.0 Å². The van der Waals surface area contributed by atoms with Crippen molar-refractivity contribution in [3.8, 4) is 11.5 Å². The summed E-state index contributed by atoms with van der Waals surface area (Å²) in [4.78, 5) is 34.4. The minimum atomic E-state index is -0.507. The normalized spacial score (nSPS) is 14.1. The standard InChI is InChI=1S/C19H15NO6/c1-3-17(21)25-15-8-7-14-18(22)16(26-19(14)11(15)2)10-12-5-4-6-13(9-12)20(23)24/h4-10H,3H2,1-2H3/b16-10-. The molecule has 0 N–H and O–H groups in total. The highest BCUT2D eigenvalue weighted by atomic mass is 16.6. The zero-order valence-electron chi connectivity index (χ0n) is 14.1. The molecule has 0 saturated heterocycles. The lowest BCUT2D eigenvalue weighted by Gasteiger charge is -2.09. The molecule has 0 aromatic heterocycles. The van der Waals surface area contributed by atoms with Gasteiger partial charge in [-0.2, -0.15) is 0 Å². The fourth-order valence-corrected chi connectivity index (χ4v) is 2.55. The molecule has 0 fully saturated rings. The van der Waals surface area contributed by atoms with E-state index < -0.39 is 4.92 Å². The van der Waals surface area contributed by atoms with Gasteiger partial charge in [0, 0.05) is 24.1 Å². The van der Waals surface area contributed by atoms with Gasteiger partial charge in [0.25, 0.3) is 5.69 Å². The number of ether oxygens (including phenoxy) is 2. The van der Waals surface area contributed by atoms with E-state index in [4.69, 9.17) is 9.47 Å². The second-order valence-corrected chi connectivity index (χ2v) is 5.68. The van der Waals surface area contributed by atoms with Gasteiger partial charge in [-0.15, -0.1) is 0 Å². The van der Waals surface area contributed by atoms with E-state index in [2.05, 4.69) is 0 Å². The smallest absolute Gasteiger partial charge is 0.310 e. The maximum Gasteiger partial charge on any atom is 0.310 e. The third-order valence-electron chi connectivity index (χ3n) is 3.93. The minimum Gasteiger partial charge on any atom is -0.452 e. The van der Waals surface area contributed by atoms with Gasteiger partial charge in [0.1, 0.15) is 11.5 Å². The second kappa shape index (κ2) is 6.79. The summed E-state index contributed by atoms with van der Waals surface area (Å²) in [7, 11) is 0. The van der Waals surface area contributed by atoms with Crippen molar-refractivity contribution in [1.29, 1.82) is 0 Å². The number of ketones is 1. The molecule has 1 heterocycles. The molecule has 26 heavy (non-hydrogen) atoms. The Balaban J connectivity index is 1.94. The molecule has 0 saturated carbocycles. The predicted octanol–water partition coefficient (Wildman–Crippen LogP) is 3.83. The third kappa shape index (κ3) is 3.19. The number of nitro groups is 1. The molecule has 7 heteroatoms. The molecule has 1 aliphatic rings. The van der Waals surface area contributed by atoms with E-state index in [0.29, 0.717) is 28.2 Å². The Morgan fingerprint density at radius 3 is 2.77 bits per heavy atom. The molecule has 0 spiro atoms. The summed E-state index contributed by atoms with van der Waals surface area (Å²) >= 11 is 0. The van der Waals surface area contributed by atoms with Crippen molar-refractivity contribution in [2.75, 3.05) is 0 Å². The van der Waals surface area contributed by atoms with Crippen LogP contribution in [-0.4, -0.2) is 16.7 Å². The molecule has 7 nitrogen and oxygen atoms in total. The topological polar surface area (TPSA) is 95.7 Å². The van der Waals surface area contributed by atoms with Gasteiger partial charge in [0.2, 0.25) is 5.78 Å². The van der Waals surface area contributed by atoms with E-state index in [-0.39, 0.29) is 29.6 Å². The van der Waals surface area contributed by atoms with E-state index in [0.717, 1.165) is 0 Å². The van der Waals surface area contributed by atoms with Crippen molar-refractivity contribution in [2.45, 2.75) is 20.3 Å². The number of esters is 1. The monoisotopic (exact) mass is 353 g/mol. The molecule has 0 amide bonds. The van der Waals surface area contributed by atoms with Crippen molar-refractivity contribution in [3.63, 3.8) is 0 Å². The number of Topliss-reactive ketones (excluding diaryl/α,β-unsaturated/α-hetero) is 1. The first kappa shape index (κ1) is 17.3. The Morgan fingerprint density at radius 1 is 1.31 bits per heavy atom. The number of hydrogen-bond acceptors (Lipinski definition) is 6. The minimum absolute atomic E-state index is 0.0579. The van der Waals surface area contributed by atoms with Crippen LogP contribution in [0.25, 0.3) is 6.08 Å². The van der Waals surface area contributed by atoms with Gasteiger partial charge < -0.3 is 9.47 Å². The highest BCUT2D eigenvalue weighted by Crippen LogP contribution is 2.39. The van der Waals surface area contributed by atoms with Gasteiger partial charge in [0.05, 0.1) is 10.5 Å². The molecular formula is C19H15NO6. The number of carbonyl (C=O) groups excluding carboxylic acids is 2. The number of allylic oxidation sites excluding steroid dienone is 1. The van der Waals surface area contributed by atoms with Crippen molar-refractivity contribution in [1.82, 2.24) is 0 Å². The maximum absolute atomic E-state index is 12.5. The van der Waals surface area contributed by atoms with Gasteiger partial charge >= 0.3 is 5.97 Å². The van der Waals surface area contributed by atoms with E-state index in [1.807, 2.05) is 0 Å². The highest BCUT2D eigenvalue weighted by molar-refractivity contribution is 6.15. The molecule has 0 bridgehead atoms. The Morgan fingerprint density at radius 2 is 2.08 bits per heavy atom. The van der Waals surface area contributed by atoms with Gasteiger partial charge in [-0.05, 0) is 30.7 Å². The number of hydrogen-bond donors (Lipinski definition) is 0. The fourth-order valence-electron chi connectivity index (χ4n) is 2.55. The van der Waals surface area contributed by atoms with Crippen LogP contribution in [0.15, 0.2) is 42.2 Å². The zero-order chi connectivity index (χ0) is 18.8. The van der Waals surface area contributed by atoms with Gasteiger partial charge in [-0.25, -0.2) is 0 Å². The fraction of sp³-hybridized carbons (Fsp3) is 0.158. The number of fused-ring (bicyclic) bond motifs is 1. The summed E-state index contributed by atoms with van der Waals surface area (Å²) in [5.74, 6) is 0.00311. The van der Waals surface area contributed by atoms with Gasteiger partial charge in [-0.3, -0.25) is 19.7 Å². The van der Waals surface area contributed by atoms with Crippen LogP contribution in [0.1, 0.15) is 34.8 Å². The average molecular weight is 353 g/mol. The quantitative estimate of drug-likeness (QED) is 0.272. The number of carbonyl (C=O) groups is 2. The summed E-state index contributed by atoms with van der Waals surface area (Å²) in [6.45, 7) is 3.38. The summed E-state index contributed by atoms with van der Waals surface area (Å²) in [6.07, 6.45) is 1.68. The molecule has 0 aliphatic carbocycles.